The second-order valence-electron chi connectivity index (χ2n) is 11.1. The summed E-state index contributed by atoms with van der Waals surface area (Å²) >= 11 is 6.23. The van der Waals surface area contributed by atoms with Crippen molar-refractivity contribution in [3.63, 3.8) is 0 Å². The van der Waals surface area contributed by atoms with Gasteiger partial charge < -0.3 is 24.4 Å². The van der Waals surface area contributed by atoms with Gasteiger partial charge in [0, 0.05) is 28.9 Å². The van der Waals surface area contributed by atoms with Crippen molar-refractivity contribution in [2.75, 3.05) is 23.5 Å². The molecule has 8 heteroatoms. The number of ketones is 1. The summed E-state index contributed by atoms with van der Waals surface area (Å²) in [5, 5.41) is 10.9. The number of carbonyl (C=O) groups is 2. The van der Waals surface area contributed by atoms with Gasteiger partial charge in [0.25, 0.3) is 0 Å². The first-order valence-electron chi connectivity index (χ1n) is 13.8. The monoisotopic (exact) mass is 560 g/mol. The Balaban J connectivity index is 1.38. The lowest BCUT2D eigenvalue weighted by Crippen LogP contribution is -2.64. The summed E-state index contributed by atoms with van der Waals surface area (Å²) < 4.78 is 11.7. The van der Waals surface area contributed by atoms with Gasteiger partial charge in [0.1, 0.15) is 6.04 Å². The van der Waals surface area contributed by atoms with Gasteiger partial charge in [-0.2, -0.15) is 0 Å². The van der Waals surface area contributed by atoms with Crippen LogP contribution in [0.4, 0.5) is 11.4 Å². The average molecular weight is 561 g/mol. The van der Waals surface area contributed by atoms with E-state index in [0.717, 1.165) is 40.9 Å². The SMILES string of the molecule is COc1cc2c(cc1OC(C)C)[C@H](c1ccc(Cl)cc1)N(c1ccc(N3CC(O)C3C(=O)C3CC3)cc1)C(=O)C2. The minimum atomic E-state index is -0.638. The maximum Gasteiger partial charge on any atom is 0.232 e. The second kappa shape index (κ2) is 10.5. The number of methoxy groups -OCH3 is 1. The third-order valence-electron chi connectivity index (χ3n) is 7.95. The van der Waals surface area contributed by atoms with Crippen LogP contribution in [0, 0.1) is 5.92 Å². The van der Waals surface area contributed by atoms with Crippen molar-refractivity contribution in [3.05, 3.63) is 82.4 Å². The number of ether oxygens (including phenoxy) is 2. The topological polar surface area (TPSA) is 79.3 Å². The van der Waals surface area contributed by atoms with Crippen molar-refractivity contribution in [1.29, 1.82) is 0 Å². The van der Waals surface area contributed by atoms with E-state index in [4.69, 9.17) is 21.1 Å². The highest BCUT2D eigenvalue weighted by Crippen LogP contribution is 2.44. The van der Waals surface area contributed by atoms with Gasteiger partial charge in [0.05, 0.1) is 31.8 Å². The molecule has 2 aliphatic heterocycles. The molecule has 7 nitrogen and oxygen atoms in total. The predicted molar refractivity (Wildman–Crippen MR) is 155 cm³/mol. The molecule has 1 N–H and O–H groups in total. The van der Waals surface area contributed by atoms with E-state index < -0.39 is 18.2 Å². The number of halogens is 1. The molecule has 0 spiro atoms. The van der Waals surface area contributed by atoms with Gasteiger partial charge >= 0.3 is 0 Å². The maximum absolute atomic E-state index is 13.8. The zero-order chi connectivity index (χ0) is 28.1. The van der Waals surface area contributed by atoms with Crippen molar-refractivity contribution in [2.24, 2.45) is 5.92 Å². The summed E-state index contributed by atoms with van der Waals surface area (Å²) in [6, 6.07) is 18.2. The molecule has 0 aromatic heterocycles. The Hall–Kier alpha value is -3.55. The van der Waals surface area contributed by atoms with Crippen LogP contribution in [0.2, 0.25) is 5.02 Å². The molecule has 3 aromatic carbocycles. The smallest absolute Gasteiger partial charge is 0.232 e. The molecule has 40 heavy (non-hydrogen) atoms. The third kappa shape index (κ3) is 4.82. The number of benzene rings is 3. The number of rotatable bonds is 8. The Morgan fingerprint density at radius 1 is 1.00 bits per heavy atom. The van der Waals surface area contributed by atoms with E-state index in [1.165, 1.54) is 0 Å². The van der Waals surface area contributed by atoms with E-state index in [1.54, 1.807) is 7.11 Å². The number of hydrogen-bond donors (Lipinski definition) is 1. The Morgan fingerprint density at radius 2 is 1.68 bits per heavy atom. The summed E-state index contributed by atoms with van der Waals surface area (Å²) in [5.74, 6) is 1.39. The first-order valence-corrected chi connectivity index (χ1v) is 14.2. The summed E-state index contributed by atoms with van der Waals surface area (Å²) in [6.45, 7) is 4.35. The molecule has 1 saturated heterocycles. The molecule has 2 heterocycles. The molecule has 3 aromatic rings. The summed E-state index contributed by atoms with van der Waals surface area (Å²) in [6.07, 6.45) is 1.35. The number of nitrogens with zero attached hydrogens (tertiary/aromatic N) is 2. The fourth-order valence-corrected chi connectivity index (χ4v) is 5.96. The first-order chi connectivity index (χ1) is 19.2. The highest BCUT2D eigenvalue weighted by Gasteiger charge is 2.47. The minimum absolute atomic E-state index is 0.0408. The lowest BCUT2D eigenvalue weighted by atomic mass is 9.86. The largest absolute Gasteiger partial charge is 0.493 e. The lowest BCUT2D eigenvalue weighted by molar-refractivity contribution is -0.126. The molecule has 0 bridgehead atoms. The van der Waals surface area contributed by atoms with Crippen LogP contribution in [-0.2, 0) is 16.0 Å². The van der Waals surface area contributed by atoms with Crippen LogP contribution in [0.3, 0.4) is 0 Å². The third-order valence-corrected chi connectivity index (χ3v) is 8.20. The zero-order valence-corrected chi connectivity index (χ0v) is 23.6. The van der Waals surface area contributed by atoms with Crippen LogP contribution in [0.15, 0.2) is 60.7 Å². The number of aliphatic hydroxyl groups excluding tert-OH is 1. The number of aliphatic hydroxyl groups is 1. The van der Waals surface area contributed by atoms with Gasteiger partial charge in [-0.1, -0.05) is 23.7 Å². The quantitative estimate of drug-likeness (QED) is 0.400. The average Bonchev–Trinajstić information content (AvgIpc) is 3.77. The number of β-amino-alcohol motifs (C(OH)–C–C–N with tert-alkyl or cyclic N) is 1. The van der Waals surface area contributed by atoms with Crippen LogP contribution in [0.5, 0.6) is 11.5 Å². The molecule has 208 valence electrons. The molecule has 3 atom stereocenters. The standard InChI is InChI=1S/C32H33ClN2O5/c1-18(2)40-28-16-25-21(14-27(28)39-3)15-29(37)35(30(25)19-6-8-22(33)9-7-19)24-12-10-23(11-13-24)34-17-26(36)31(34)32(38)20-4-5-20/h6-14,16,18,20,26,30-31,36H,4-5,15,17H2,1-3H3/t26?,30-,31?/m0/s1. The fraction of sp³-hybridized carbons (Fsp3) is 0.375. The van der Waals surface area contributed by atoms with E-state index in [-0.39, 0.29) is 30.1 Å². The molecule has 2 unspecified atom stereocenters. The Morgan fingerprint density at radius 3 is 2.27 bits per heavy atom. The zero-order valence-electron chi connectivity index (χ0n) is 22.8. The molecule has 2 fully saturated rings. The number of fused-ring (bicyclic) bond motifs is 1. The van der Waals surface area contributed by atoms with Crippen molar-refractivity contribution in [3.8, 4) is 11.5 Å². The van der Waals surface area contributed by atoms with Crippen molar-refractivity contribution in [1.82, 2.24) is 0 Å². The number of carbonyl (C=O) groups excluding carboxylic acids is 2. The molecule has 0 radical (unpaired) electrons. The van der Waals surface area contributed by atoms with Gasteiger partial charge in [-0.3, -0.25) is 9.59 Å². The van der Waals surface area contributed by atoms with Crippen LogP contribution in [0.1, 0.15) is 49.4 Å². The van der Waals surface area contributed by atoms with Crippen LogP contribution in [-0.4, -0.2) is 48.7 Å². The fourth-order valence-electron chi connectivity index (χ4n) is 5.84. The first kappa shape index (κ1) is 26.7. The van der Waals surface area contributed by atoms with E-state index in [9.17, 15) is 14.7 Å². The number of amides is 1. The van der Waals surface area contributed by atoms with E-state index in [1.807, 2.05) is 84.3 Å². The lowest BCUT2D eigenvalue weighted by Gasteiger charge is -2.46. The molecule has 1 amide bonds. The maximum atomic E-state index is 13.8. The van der Waals surface area contributed by atoms with Gasteiger partial charge in [0.15, 0.2) is 17.3 Å². The molecule has 6 rings (SSSR count). The Bertz CT molecular complexity index is 1430. The highest BCUT2D eigenvalue weighted by molar-refractivity contribution is 6.30. The molecular formula is C32H33ClN2O5. The number of anilines is 2. The molecule has 1 saturated carbocycles. The summed E-state index contributed by atoms with van der Waals surface area (Å²) in [5.41, 5.74) is 4.38. The van der Waals surface area contributed by atoms with Crippen molar-refractivity contribution >= 4 is 34.7 Å². The molecule has 1 aliphatic carbocycles. The summed E-state index contributed by atoms with van der Waals surface area (Å²) in [4.78, 5) is 30.3. The molecular weight excluding hydrogens is 528 g/mol. The molecule has 3 aliphatic rings. The van der Waals surface area contributed by atoms with Crippen molar-refractivity contribution < 1.29 is 24.2 Å². The highest BCUT2D eigenvalue weighted by atomic mass is 35.5. The van der Waals surface area contributed by atoms with Gasteiger partial charge in [-0.15, -0.1) is 0 Å². The summed E-state index contributed by atoms with van der Waals surface area (Å²) in [7, 11) is 1.60. The Kier molecular flexibility index (Phi) is 6.97. The number of hydrogen-bond acceptors (Lipinski definition) is 6. The van der Waals surface area contributed by atoms with E-state index in [0.29, 0.717) is 23.1 Å². The van der Waals surface area contributed by atoms with Crippen LogP contribution < -0.4 is 19.3 Å². The number of Topliss-reactive ketones (excluding diaryl/α,β-unsaturated/α-hetero) is 1. The van der Waals surface area contributed by atoms with E-state index >= 15 is 0 Å². The van der Waals surface area contributed by atoms with Gasteiger partial charge in [0.2, 0.25) is 5.91 Å². The van der Waals surface area contributed by atoms with Gasteiger partial charge in [-0.05, 0) is 91.9 Å². The van der Waals surface area contributed by atoms with Gasteiger partial charge in [-0.25, -0.2) is 0 Å². The normalized spacial score (nSPS) is 22.1. The second-order valence-corrected chi connectivity index (χ2v) is 11.6. The Labute approximate surface area is 239 Å². The van der Waals surface area contributed by atoms with Crippen molar-refractivity contribution in [2.45, 2.75) is 57.4 Å². The predicted octanol–water partition coefficient (Wildman–Crippen LogP) is 5.34. The van der Waals surface area contributed by atoms with Crippen LogP contribution in [0.25, 0.3) is 0 Å². The van der Waals surface area contributed by atoms with E-state index in [2.05, 4.69) is 0 Å². The van der Waals surface area contributed by atoms with Crippen LogP contribution >= 0.6 is 11.6 Å². The minimum Gasteiger partial charge on any atom is -0.493 e.